The summed E-state index contributed by atoms with van der Waals surface area (Å²) in [6.07, 6.45) is 2.60. The Hall–Kier alpha value is -0.380. The third-order valence-electron chi connectivity index (χ3n) is 3.79. The Kier molecular flexibility index (Phi) is 4.60. The molecular weight excluding hydrogens is 276 g/mol. The molecule has 1 N–H and O–H groups in total. The SMILES string of the molecule is CC(c1cccc(Br)c1)N(C)C1CCCNC1. The molecule has 0 aromatic heterocycles. The first-order chi connectivity index (χ1) is 8.18. The molecule has 1 saturated heterocycles. The predicted octanol–water partition coefficient (Wildman–Crippen LogP) is 3.19. The molecule has 2 rings (SSSR count). The van der Waals surface area contributed by atoms with Gasteiger partial charge in [-0.2, -0.15) is 0 Å². The Morgan fingerprint density at radius 2 is 2.29 bits per heavy atom. The molecule has 1 aliphatic heterocycles. The normalized spacial score (nSPS) is 22.7. The molecule has 2 nitrogen and oxygen atoms in total. The van der Waals surface area contributed by atoms with Gasteiger partial charge in [0.15, 0.2) is 0 Å². The highest BCUT2D eigenvalue weighted by Gasteiger charge is 2.22. The lowest BCUT2D eigenvalue weighted by Crippen LogP contribution is -2.45. The summed E-state index contributed by atoms with van der Waals surface area (Å²) >= 11 is 3.54. The lowest BCUT2D eigenvalue weighted by atomic mass is 10.0. The van der Waals surface area contributed by atoms with Crippen LogP contribution in [0.5, 0.6) is 0 Å². The van der Waals surface area contributed by atoms with Crippen LogP contribution in [0.4, 0.5) is 0 Å². The van der Waals surface area contributed by atoms with Gasteiger partial charge in [-0.3, -0.25) is 4.90 Å². The number of rotatable bonds is 3. The van der Waals surface area contributed by atoms with Crippen LogP contribution in [0.3, 0.4) is 0 Å². The summed E-state index contributed by atoms with van der Waals surface area (Å²) in [6.45, 7) is 4.58. The third-order valence-corrected chi connectivity index (χ3v) is 4.28. The molecule has 1 aromatic carbocycles. The molecule has 0 amide bonds. The monoisotopic (exact) mass is 296 g/mol. The summed E-state index contributed by atoms with van der Waals surface area (Å²) in [5.41, 5.74) is 1.38. The second-order valence-corrected chi connectivity index (χ2v) is 5.81. The Bertz CT molecular complexity index is 361. The summed E-state index contributed by atoms with van der Waals surface area (Å²) in [5, 5.41) is 3.48. The van der Waals surface area contributed by atoms with Gasteiger partial charge in [0, 0.05) is 23.1 Å². The molecule has 0 bridgehead atoms. The Morgan fingerprint density at radius 3 is 2.94 bits per heavy atom. The van der Waals surface area contributed by atoms with E-state index in [9.17, 15) is 0 Å². The maximum absolute atomic E-state index is 3.54. The molecule has 0 saturated carbocycles. The Morgan fingerprint density at radius 1 is 1.47 bits per heavy atom. The lowest BCUT2D eigenvalue weighted by molar-refractivity contribution is 0.156. The zero-order valence-electron chi connectivity index (χ0n) is 10.6. The van der Waals surface area contributed by atoms with Gasteiger partial charge in [-0.1, -0.05) is 28.1 Å². The van der Waals surface area contributed by atoms with Crippen molar-refractivity contribution in [2.75, 3.05) is 20.1 Å². The van der Waals surface area contributed by atoms with Gasteiger partial charge < -0.3 is 5.32 Å². The van der Waals surface area contributed by atoms with E-state index in [1.165, 1.54) is 24.9 Å². The minimum absolute atomic E-state index is 0.470. The molecule has 94 valence electrons. The second kappa shape index (κ2) is 5.98. The molecule has 1 aromatic rings. The van der Waals surface area contributed by atoms with Crippen LogP contribution in [-0.2, 0) is 0 Å². The van der Waals surface area contributed by atoms with E-state index in [2.05, 4.69) is 64.4 Å². The van der Waals surface area contributed by atoms with Crippen LogP contribution in [0.25, 0.3) is 0 Å². The van der Waals surface area contributed by atoms with Crippen LogP contribution in [0.2, 0.25) is 0 Å². The van der Waals surface area contributed by atoms with E-state index < -0.39 is 0 Å². The zero-order chi connectivity index (χ0) is 12.3. The zero-order valence-corrected chi connectivity index (χ0v) is 12.2. The highest BCUT2D eigenvalue weighted by molar-refractivity contribution is 9.10. The van der Waals surface area contributed by atoms with E-state index in [1.54, 1.807) is 0 Å². The third kappa shape index (κ3) is 3.30. The summed E-state index contributed by atoms with van der Waals surface area (Å²) in [7, 11) is 2.24. The van der Waals surface area contributed by atoms with Crippen molar-refractivity contribution in [2.24, 2.45) is 0 Å². The van der Waals surface area contributed by atoms with Crippen LogP contribution in [0.1, 0.15) is 31.4 Å². The number of hydrogen-bond acceptors (Lipinski definition) is 2. The topological polar surface area (TPSA) is 15.3 Å². The molecule has 1 aliphatic rings. The van der Waals surface area contributed by atoms with Crippen molar-refractivity contribution in [3.05, 3.63) is 34.3 Å². The van der Waals surface area contributed by atoms with Gasteiger partial charge in [0.25, 0.3) is 0 Å². The number of nitrogens with one attached hydrogen (secondary N) is 1. The van der Waals surface area contributed by atoms with Gasteiger partial charge in [-0.25, -0.2) is 0 Å². The number of hydrogen-bond donors (Lipinski definition) is 1. The van der Waals surface area contributed by atoms with E-state index in [1.807, 2.05) is 0 Å². The van der Waals surface area contributed by atoms with Crippen molar-refractivity contribution in [3.8, 4) is 0 Å². The van der Waals surface area contributed by atoms with Crippen LogP contribution >= 0.6 is 15.9 Å². The van der Waals surface area contributed by atoms with Crippen molar-refractivity contribution in [2.45, 2.75) is 31.8 Å². The number of nitrogens with zero attached hydrogens (tertiary/aromatic N) is 1. The maximum atomic E-state index is 3.54. The molecule has 0 radical (unpaired) electrons. The van der Waals surface area contributed by atoms with Gasteiger partial charge in [-0.15, -0.1) is 0 Å². The van der Waals surface area contributed by atoms with Gasteiger partial charge >= 0.3 is 0 Å². The molecule has 2 atom stereocenters. The van der Waals surface area contributed by atoms with Gasteiger partial charge in [0.1, 0.15) is 0 Å². The van der Waals surface area contributed by atoms with Crippen molar-refractivity contribution in [1.29, 1.82) is 0 Å². The molecule has 17 heavy (non-hydrogen) atoms. The average Bonchev–Trinajstić information content (AvgIpc) is 2.38. The van der Waals surface area contributed by atoms with Crippen LogP contribution in [-0.4, -0.2) is 31.1 Å². The van der Waals surface area contributed by atoms with E-state index in [-0.39, 0.29) is 0 Å². The Labute approximate surface area is 113 Å². The average molecular weight is 297 g/mol. The van der Waals surface area contributed by atoms with Gasteiger partial charge in [-0.05, 0) is 51.1 Å². The van der Waals surface area contributed by atoms with Crippen molar-refractivity contribution in [1.82, 2.24) is 10.2 Å². The number of piperidine rings is 1. The highest BCUT2D eigenvalue weighted by atomic mass is 79.9. The standard InChI is InChI=1S/C14H21BrN2/c1-11(12-5-3-6-13(15)9-12)17(2)14-7-4-8-16-10-14/h3,5-6,9,11,14,16H,4,7-8,10H2,1-2H3. The predicted molar refractivity (Wildman–Crippen MR) is 76.2 cm³/mol. The molecule has 1 fully saturated rings. The minimum atomic E-state index is 0.470. The largest absolute Gasteiger partial charge is 0.315 e. The molecule has 3 heteroatoms. The first kappa shape index (κ1) is 13.1. The van der Waals surface area contributed by atoms with E-state index in [0.717, 1.165) is 11.0 Å². The highest BCUT2D eigenvalue weighted by Crippen LogP contribution is 2.25. The summed E-state index contributed by atoms with van der Waals surface area (Å²) in [5.74, 6) is 0. The number of likely N-dealkylation sites (N-methyl/N-ethyl adjacent to an activating group) is 1. The summed E-state index contributed by atoms with van der Waals surface area (Å²) in [4.78, 5) is 2.49. The fourth-order valence-corrected chi connectivity index (χ4v) is 2.92. The summed E-state index contributed by atoms with van der Waals surface area (Å²) in [6, 6.07) is 9.76. The second-order valence-electron chi connectivity index (χ2n) is 4.90. The minimum Gasteiger partial charge on any atom is -0.315 e. The number of halogens is 1. The molecule has 0 aliphatic carbocycles. The van der Waals surface area contributed by atoms with Crippen molar-refractivity contribution in [3.63, 3.8) is 0 Å². The van der Waals surface area contributed by atoms with Crippen LogP contribution < -0.4 is 5.32 Å². The van der Waals surface area contributed by atoms with Crippen LogP contribution in [0, 0.1) is 0 Å². The first-order valence-electron chi connectivity index (χ1n) is 6.36. The van der Waals surface area contributed by atoms with Gasteiger partial charge in [0.05, 0.1) is 0 Å². The van der Waals surface area contributed by atoms with Gasteiger partial charge in [0.2, 0.25) is 0 Å². The molecular formula is C14H21BrN2. The van der Waals surface area contributed by atoms with E-state index in [0.29, 0.717) is 12.1 Å². The van der Waals surface area contributed by atoms with E-state index >= 15 is 0 Å². The first-order valence-corrected chi connectivity index (χ1v) is 7.16. The maximum Gasteiger partial charge on any atom is 0.0320 e. The fourth-order valence-electron chi connectivity index (χ4n) is 2.50. The van der Waals surface area contributed by atoms with Crippen molar-refractivity contribution >= 4 is 15.9 Å². The molecule has 1 heterocycles. The van der Waals surface area contributed by atoms with Crippen molar-refractivity contribution < 1.29 is 0 Å². The fraction of sp³-hybridized carbons (Fsp3) is 0.571. The quantitative estimate of drug-likeness (QED) is 0.921. The van der Waals surface area contributed by atoms with E-state index in [4.69, 9.17) is 0 Å². The lowest BCUT2D eigenvalue weighted by Gasteiger charge is -2.36. The molecule has 0 spiro atoms. The Balaban J connectivity index is 2.05. The molecule has 2 unspecified atom stereocenters. The summed E-state index contributed by atoms with van der Waals surface area (Å²) < 4.78 is 1.16. The number of benzene rings is 1. The van der Waals surface area contributed by atoms with Crippen LogP contribution in [0.15, 0.2) is 28.7 Å². The smallest absolute Gasteiger partial charge is 0.0320 e.